The van der Waals surface area contributed by atoms with E-state index in [2.05, 4.69) is 199 Å². The van der Waals surface area contributed by atoms with Gasteiger partial charge in [0.2, 0.25) is 0 Å². The Balaban J connectivity index is 1.23. The molecule has 12 aromatic carbocycles. The van der Waals surface area contributed by atoms with Gasteiger partial charge >= 0.3 is 0 Å². The van der Waals surface area contributed by atoms with Gasteiger partial charge < -0.3 is 0 Å². The van der Waals surface area contributed by atoms with E-state index in [1.807, 2.05) is 0 Å². The molecule has 13 aromatic rings. The van der Waals surface area contributed by atoms with Crippen LogP contribution < -0.4 is 0 Å². The van der Waals surface area contributed by atoms with Crippen LogP contribution in [0, 0.1) is 0 Å². The third-order valence-corrected chi connectivity index (χ3v) is 12.5. The number of hydrogen-bond acceptors (Lipinski definition) is 1. The van der Waals surface area contributed by atoms with Crippen molar-refractivity contribution in [2.24, 2.45) is 0 Å². The summed E-state index contributed by atoms with van der Waals surface area (Å²) in [5, 5.41) is 20.3. The molecule has 0 aliphatic heterocycles. The lowest BCUT2D eigenvalue weighted by Gasteiger charge is -2.21. The SMILES string of the molecule is c1ccc(-n2c(-c3c4ccccc4c(-c4cc5cccc6c7cccc8ccc9cccc(c%10cccc4c%10c56)c9c87)c4ccccc34)nc3ccccc32)cc1. The quantitative estimate of drug-likeness (QED) is 0.131. The summed E-state index contributed by atoms with van der Waals surface area (Å²) in [6.45, 7) is 0. The maximum atomic E-state index is 5.42. The molecule has 0 bridgehead atoms. The Morgan fingerprint density at radius 1 is 0.316 bits per heavy atom. The van der Waals surface area contributed by atoms with Crippen LogP contribution in [-0.4, -0.2) is 9.55 Å². The lowest BCUT2D eigenvalue weighted by Crippen LogP contribution is -1.99. The molecule has 0 N–H and O–H groups in total. The van der Waals surface area contributed by atoms with Crippen molar-refractivity contribution in [2.45, 2.75) is 0 Å². The van der Waals surface area contributed by atoms with Crippen molar-refractivity contribution in [1.82, 2.24) is 9.55 Å². The Morgan fingerprint density at radius 2 is 0.772 bits per heavy atom. The zero-order valence-electron chi connectivity index (χ0n) is 30.9. The van der Waals surface area contributed by atoms with Crippen molar-refractivity contribution >= 4 is 97.2 Å². The van der Waals surface area contributed by atoms with Gasteiger partial charge in [0, 0.05) is 11.3 Å². The first kappa shape index (κ1) is 30.7. The average Bonchev–Trinajstić information content (AvgIpc) is 3.66. The molecule has 2 nitrogen and oxygen atoms in total. The van der Waals surface area contributed by atoms with Gasteiger partial charge in [-0.25, -0.2) is 4.98 Å². The van der Waals surface area contributed by atoms with E-state index in [-0.39, 0.29) is 0 Å². The van der Waals surface area contributed by atoms with Gasteiger partial charge in [-0.05, 0) is 128 Å². The van der Waals surface area contributed by atoms with Gasteiger partial charge in [-0.2, -0.15) is 0 Å². The van der Waals surface area contributed by atoms with E-state index in [0.29, 0.717) is 0 Å². The highest BCUT2D eigenvalue weighted by Gasteiger charge is 2.24. The minimum absolute atomic E-state index is 0.944. The molecule has 0 atom stereocenters. The molecule has 57 heavy (non-hydrogen) atoms. The van der Waals surface area contributed by atoms with E-state index in [1.54, 1.807) is 0 Å². The minimum Gasteiger partial charge on any atom is -0.292 e. The molecular formula is C55H32N2. The first-order valence-electron chi connectivity index (χ1n) is 19.7. The summed E-state index contributed by atoms with van der Waals surface area (Å²) >= 11 is 0. The van der Waals surface area contributed by atoms with Crippen molar-refractivity contribution in [2.75, 3.05) is 0 Å². The highest BCUT2D eigenvalue weighted by molar-refractivity contribution is 6.39. The summed E-state index contributed by atoms with van der Waals surface area (Å²) < 4.78 is 2.33. The highest BCUT2D eigenvalue weighted by atomic mass is 15.1. The summed E-state index contributed by atoms with van der Waals surface area (Å²) in [7, 11) is 0. The fourth-order valence-corrected chi connectivity index (χ4v) is 10.2. The van der Waals surface area contributed by atoms with Crippen LogP contribution in [0.4, 0.5) is 0 Å². The molecule has 0 unspecified atom stereocenters. The first-order valence-corrected chi connectivity index (χ1v) is 19.7. The van der Waals surface area contributed by atoms with Crippen LogP contribution in [0.1, 0.15) is 0 Å². The van der Waals surface area contributed by atoms with Gasteiger partial charge in [0.25, 0.3) is 0 Å². The molecule has 0 saturated carbocycles. The first-order chi connectivity index (χ1) is 28.3. The molecule has 0 fully saturated rings. The summed E-state index contributed by atoms with van der Waals surface area (Å²) in [4.78, 5) is 5.42. The fraction of sp³-hybridized carbons (Fsp3) is 0. The molecule has 1 aromatic heterocycles. The van der Waals surface area contributed by atoms with E-state index in [1.165, 1.54) is 97.3 Å². The number of fused-ring (bicyclic) bond motifs is 5. The number of nitrogens with zero attached hydrogens (tertiary/aromatic N) is 2. The van der Waals surface area contributed by atoms with Crippen molar-refractivity contribution in [3.05, 3.63) is 194 Å². The number of imidazole rings is 1. The van der Waals surface area contributed by atoms with Crippen LogP contribution in [0.3, 0.4) is 0 Å². The van der Waals surface area contributed by atoms with Gasteiger partial charge in [0.05, 0.1) is 11.0 Å². The predicted molar refractivity (Wildman–Crippen MR) is 243 cm³/mol. The number of hydrogen-bond donors (Lipinski definition) is 0. The molecule has 0 radical (unpaired) electrons. The Hall–Kier alpha value is -7.55. The summed E-state index contributed by atoms with van der Waals surface area (Å²) in [5.74, 6) is 0.944. The van der Waals surface area contributed by atoms with Crippen LogP contribution >= 0.6 is 0 Å². The zero-order chi connectivity index (χ0) is 37.2. The van der Waals surface area contributed by atoms with Crippen LogP contribution in [0.5, 0.6) is 0 Å². The van der Waals surface area contributed by atoms with E-state index < -0.39 is 0 Å². The minimum atomic E-state index is 0.944. The second-order valence-corrected chi connectivity index (χ2v) is 15.4. The maximum absolute atomic E-state index is 5.42. The third kappa shape index (κ3) is 4.16. The van der Waals surface area contributed by atoms with Gasteiger partial charge in [0.15, 0.2) is 0 Å². The molecule has 0 spiro atoms. The molecule has 13 rings (SSSR count). The molecule has 0 amide bonds. The van der Waals surface area contributed by atoms with Gasteiger partial charge in [0.1, 0.15) is 5.82 Å². The second-order valence-electron chi connectivity index (χ2n) is 15.4. The Bertz CT molecular complexity index is 3740. The van der Waals surface area contributed by atoms with E-state index in [9.17, 15) is 0 Å². The molecule has 2 heteroatoms. The van der Waals surface area contributed by atoms with Crippen LogP contribution in [0.2, 0.25) is 0 Å². The molecule has 0 aliphatic carbocycles. The second kappa shape index (κ2) is 11.5. The molecule has 1 heterocycles. The lowest BCUT2D eigenvalue weighted by atomic mass is 9.82. The summed E-state index contributed by atoms with van der Waals surface area (Å²) in [6.07, 6.45) is 0. The molecule has 0 saturated heterocycles. The van der Waals surface area contributed by atoms with Crippen molar-refractivity contribution in [3.8, 4) is 28.2 Å². The monoisotopic (exact) mass is 720 g/mol. The number of para-hydroxylation sites is 3. The van der Waals surface area contributed by atoms with Crippen LogP contribution in [-0.2, 0) is 0 Å². The molecule has 0 aliphatic rings. The zero-order valence-corrected chi connectivity index (χ0v) is 30.9. The van der Waals surface area contributed by atoms with Crippen LogP contribution in [0.25, 0.3) is 125 Å². The Morgan fingerprint density at radius 3 is 1.40 bits per heavy atom. The van der Waals surface area contributed by atoms with Crippen molar-refractivity contribution in [1.29, 1.82) is 0 Å². The van der Waals surface area contributed by atoms with E-state index >= 15 is 0 Å². The smallest absolute Gasteiger partial charge is 0.146 e. The standard InChI is InChI=1S/C55H32N2/c1-2-17-36(18-3-1)57-48-29-9-8-28-47(48)56-55(57)54-43-21-6-4-19-40(43)52(41-20-5-7-22-44(41)54)46-32-35-16-12-25-38-37-23-10-14-33-30-31-34-15-11-24-39(50(34)49(33)37)42-26-13-27-45(46)53(42)51(35)38/h1-32H. The number of rotatable bonds is 3. The normalized spacial score (nSPS) is 12.2. The topological polar surface area (TPSA) is 17.8 Å². The van der Waals surface area contributed by atoms with Gasteiger partial charge in [-0.15, -0.1) is 0 Å². The fourth-order valence-electron chi connectivity index (χ4n) is 10.2. The van der Waals surface area contributed by atoms with Gasteiger partial charge in [-0.1, -0.05) is 164 Å². The molecular weight excluding hydrogens is 689 g/mol. The summed E-state index contributed by atoms with van der Waals surface area (Å²) in [6, 6.07) is 71.6. The average molecular weight is 721 g/mol. The highest BCUT2D eigenvalue weighted by Crippen LogP contribution is 2.50. The van der Waals surface area contributed by atoms with Gasteiger partial charge in [-0.3, -0.25) is 4.57 Å². The number of benzene rings is 11. The van der Waals surface area contributed by atoms with Crippen molar-refractivity contribution in [3.63, 3.8) is 0 Å². The van der Waals surface area contributed by atoms with E-state index in [0.717, 1.165) is 28.1 Å². The Labute approximate surface area is 327 Å². The predicted octanol–water partition coefficient (Wildman–Crippen LogP) is 15.0. The van der Waals surface area contributed by atoms with E-state index in [4.69, 9.17) is 4.98 Å². The molecule has 262 valence electrons. The van der Waals surface area contributed by atoms with Crippen LogP contribution in [0.15, 0.2) is 194 Å². The maximum Gasteiger partial charge on any atom is 0.146 e. The number of aromatic nitrogens is 2. The lowest BCUT2D eigenvalue weighted by molar-refractivity contribution is 1.11. The largest absolute Gasteiger partial charge is 0.292 e. The van der Waals surface area contributed by atoms with Crippen molar-refractivity contribution < 1.29 is 0 Å². The Kier molecular flexibility index (Phi) is 6.19. The summed E-state index contributed by atoms with van der Waals surface area (Å²) in [5.41, 5.74) is 6.80. The third-order valence-electron chi connectivity index (χ3n) is 12.5.